The molecule has 1 aliphatic rings. The van der Waals surface area contributed by atoms with Gasteiger partial charge in [0.15, 0.2) is 17.3 Å². The normalized spacial score (nSPS) is 14.1. The van der Waals surface area contributed by atoms with Crippen LogP contribution in [0.3, 0.4) is 0 Å². The van der Waals surface area contributed by atoms with Crippen molar-refractivity contribution in [1.82, 2.24) is 15.4 Å². The Labute approximate surface area is 211 Å². The minimum Gasteiger partial charge on any atom is -0.493 e. The summed E-state index contributed by atoms with van der Waals surface area (Å²) in [5.74, 6) is 0.764. The van der Waals surface area contributed by atoms with Crippen LogP contribution in [0.15, 0.2) is 28.8 Å². The summed E-state index contributed by atoms with van der Waals surface area (Å²) < 4.78 is 16.0. The Morgan fingerprint density at radius 2 is 1.92 bits per heavy atom. The number of hydrogen-bond acceptors (Lipinski definition) is 7. The number of nitrogens with zero attached hydrogens (tertiary/aromatic N) is 2. The fraction of sp³-hybridized carbons (Fsp3) is 0.538. The quantitative estimate of drug-likeness (QED) is 0.455. The van der Waals surface area contributed by atoms with E-state index in [1.807, 2.05) is 20.8 Å². The molecule has 0 radical (unpaired) electrons. The van der Waals surface area contributed by atoms with Crippen molar-refractivity contribution in [3.8, 4) is 11.5 Å². The number of amides is 3. The summed E-state index contributed by atoms with van der Waals surface area (Å²) in [5, 5.41) is 9.46. The minimum atomic E-state index is -0.942. The van der Waals surface area contributed by atoms with Crippen molar-refractivity contribution in [2.24, 2.45) is 0 Å². The fourth-order valence-corrected chi connectivity index (χ4v) is 3.93. The second kappa shape index (κ2) is 11.5. The van der Waals surface area contributed by atoms with Crippen LogP contribution >= 0.6 is 0 Å². The molecule has 2 aromatic rings. The van der Waals surface area contributed by atoms with E-state index in [0.717, 1.165) is 12.8 Å². The van der Waals surface area contributed by atoms with Gasteiger partial charge in [-0.05, 0) is 46.1 Å². The summed E-state index contributed by atoms with van der Waals surface area (Å²) >= 11 is 0. The summed E-state index contributed by atoms with van der Waals surface area (Å²) in [4.78, 5) is 41.3. The first-order chi connectivity index (χ1) is 17.1. The first kappa shape index (κ1) is 27.0. The lowest BCUT2D eigenvalue weighted by Crippen LogP contribution is -2.51. The first-order valence-corrected chi connectivity index (χ1v) is 12.2. The molecule has 1 aromatic carbocycles. The predicted molar refractivity (Wildman–Crippen MR) is 134 cm³/mol. The van der Waals surface area contributed by atoms with Gasteiger partial charge in [0.05, 0.1) is 14.2 Å². The average Bonchev–Trinajstić information content (AvgIpc) is 3.60. The fourth-order valence-electron chi connectivity index (χ4n) is 3.93. The monoisotopic (exact) mass is 500 g/mol. The van der Waals surface area contributed by atoms with Crippen LogP contribution in [-0.4, -0.2) is 53.6 Å². The van der Waals surface area contributed by atoms with Crippen molar-refractivity contribution in [2.45, 2.75) is 77.4 Å². The number of hydrogen-bond donors (Lipinski definition) is 2. The molecule has 36 heavy (non-hydrogen) atoms. The number of rotatable bonds is 12. The van der Waals surface area contributed by atoms with Gasteiger partial charge in [0, 0.05) is 36.1 Å². The van der Waals surface area contributed by atoms with Crippen LogP contribution in [0.1, 0.15) is 70.2 Å². The predicted octanol–water partition coefficient (Wildman–Crippen LogP) is 3.76. The largest absolute Gasteiger partial charge is 0.493 e. The molecule has 0 bridgehead atoms. The van der Waals surface area contributed by atoms with Gasteiger partial charge in [-0.2, -0.15) is 0 Å². The third-order valence-corrected chi connectivity index (χ3v) is 6.29. The van der Waals surface area contributed by atoms with Gasteiger partial charge < -0.3 is 29.5 Å². The number of aryl methyl sites for hydroxylation is 1. The minimum absolute atomic E-state index is 0.0575. The molecular weight excluding hydrogens is 464 g/mol. The maximum atomic E-state index is 13.7. The Kier molecular flexibility index (Phi) is 8.60. The molecule has 1 fully saturated rings. The number of anilines is 1. The number of ether oxygens (including phenoxy) is 2. The van der Waals surface area contributed by atoms with Gasteiger partial charge in [0.1, 0.15) is 11.8 Å². The van der Waals surface area contributed by atoms with E-state index in [-0.39, 0.29) is 36.6 Å². The highest BCUT2D eigenvalue weighted by atomic mass is 16.5. The molecule has 0 saturated heterocycles. The molecule has 1 atom stereocenters. The summed E-state index contributed by atoms with van der Waals surface area (Å²) in [6, 6.07) is 5.84. The molecule has 0 unspecified atom stereocenters. The maximum absolute atomic E-state index is 13.7. The van der Waals surface area contributed by atoms with Gasteiger partial charge in [0.2, 0.25) is 17.7 Å². The summed E-state index contributed by atoms with van der Waals surface area (Å²) in [5.41, 5.74) is 0.0546. The Bertz CT molecular complexity index is 1090. The Morgan fingerprint density at radius 3 is 2.47 bits per heavy atom. The lowest BCUT2D eigenvalue weighted by Gasteiger charge is -2.35. The third kappa shape index (κ3) is 6.56. The van der Waals surface area contributed by atoms with Gasteiger partial charge in [-0.3, -0.25) is 14.4 Å². The van der Waals surface area contributed by atoms with E-state index >= 15 is 0 Å². The van der Waals surface area contributed by atoms with E-state index in [4.69, 9.17) is 14.0 Å². The molecule has 2 N–H and O–H groups in total. The van der Waals surface area contributed by atoms with Crippen LogP contribution < -0.4 is 20.1 Å². The molecule has 0 aliphatic heterocycles. The van der Waals surface area contributed by atoms with Crippen molar-refractivity contribution in [1.29, 1.82) is 0 Å². The van der Waals surface area contributed by atoms with E-state index in [1.165, 1.54) is 14.2 Å². The van der Waals surface area contributed by atoms with E-state index in [0.29, 0.717) is 35.1 Å². The van der Waals surface area contributed by atoms with Gasteiger partial charge in [-0.15, -0.1) is 0 Å². The topological polar surface area (TPSA) is 123 Å². The molecule has 3 rings (SSSR count). The van der Waals surface area contributed by atoms with Gasteiger partial charge >= 0.3 is 0 Å². The standard InChI is InChI=1S/C26H36N4O6/c1-7-26(3,4)28-25(33)23(18-9-8-10-19(34-5)24(18)35-6)30(17-11-12-17)22(32)14-13-21(31)27-20-15-16(2)36-29-20/h8-10,15,17,23H,7,11-14H2,1-6H3,(H,28,33)(H,27,29,31)/t23-/m0/s1. The SMILES string of the molecule is CCC(C)(C)NC(=O)[C@H](c1cccc(OC)c1OC)N(C(=O)CCC(=O)Nc1cc(C)on1)C1CC1. The Balaban J connectivity index is 1.89. The van der Waals surface area contributed by atoms with Crippen LogP contribution in [0.4, 0.5) is 5.82 Å². The highest BCUT2D eigenvalue weighted by molar-refractivity contribution is 5.94. The van der Waals surface area contributed by atoms with Crippen molar-refractivity contribution in [3.63, 3.8) is 0 Å². The summed E-state index contributed by atoms with van der Waals surface area (Å²) in [6.45, 7) is 7.58. The number of nitrogens with one attached hydrogen (secondary N) is 2. The summed E-state index contributed by atoms with van der Waals surface area (Å²) in [7, 11) is 3.03. The average molecular weight is 501 g/mol. The maximum Gasteiger partial charge on any atom is 0.248 e. The zero-order valence-electron chi connectivity index (χ0n) is 21.8. The molecule has 1 heterocycles. The van der Waals surface area contributed by atoms with Gasteiger partial charge in [0.25, 0.3) is 0 Å². The zero-order chi connectivity index (χ0) is 26.5. The van der Waals surface area contributed by atoms with Crippen LogP contribution in [0.2, 0.25) is 0 Å². The lowest BCUT2D eigenvalue weighted by atomic mass is 9.97. The van der Waals surface area contributed by atoms with E-state index in [1.54, 1.807) is 36.1 Å². The number of para-hydroxylation sites is 1. The van der Waals surface area contributed by atoms with Crippen LogP contribution in [0.5, 0.6) is 11.5 Å². The van der Waals surface area contributed by atoms with Crippen LogP contribution in [0.25, 0.3) is 0 Å². The first-order valence-electron chi connectivity index (χ1n) is 12.2. The molecule has 0 spiro atoms. The number of carbonyl (C=O) groups is 3. The lowest BCUT2D eigenvalue weighted by molar-refractivity contribution is -0.143. The number of carbonyl (C=O) groups excluding carboxylic acids is 3. The van der Waals surface area contributed by atoms with E-state index in [9.17, 15) is 14.4 Å². The zero-order valence-corrected chi connectivity index (χ0v) is 21.8. The smallest absolute Gasteiger partial charge is 0.248 e. The molecule has 1 saturated carbocycles. The molecule has 10 heteroatoms. The second-order valence-electron chi connectivity index (χ2n) is 9.62. The number of methoxy groups -OCH3 is 2. The number of aromatic nitrogens is 1. The van der Waals surface area contributed by atoms with Crippen molar-refractivity contribution >= 4 is 23.5 Å². The van der Waals surface area contributed by atoms with Crippen LogP contribution in [-0.2, 0) is 14.4 Å². The highest BCUT2D eigenvalue weighted by Gasteiger charge is 2.43. The second-order valence-corrected chi connectivity index (χ2v) is 9.62. The molecule has 1 aromatic heterocycles. The molecule has 1 aliphatic carbocycles. The molecular formula is C26H36N4O6. The molecule has 10 nitrogen and oxygen atoms in total. The van der Waals surface area contributed by atoms with E-state index < -0.39 is 11.6 Å². The molecule has 196 valence electrons. The van der Waals surface area contributed by atoms with Gasteiger partial charge in [-0.25, -0.2) is 0 Å². The third-order valence-electron chi connectivity index (χ3n) is 6.29. The summed E-state index contributed by atoms with van der Waals surface area (Å²) in [6.07, 6.45) is 2.15. The van der Waals surface area contributed by atoms with Crippen LogP contribution in [0, 0.1) is 6.92 Å². The van der Waals surface area contributed by atoms with Gasteiger partial charge in [-0.1, -0.05) is 24.2 Å². The van der Waals surface area contributed by atoms with Crippen molar-refractivity contribution in [2.75, 3.05) is 19.5 Å². The Hall–Kier alpha value is -3.56. The van der Waals surface area contributed by atoms with Crippen molar-refractivity contribution < 1.29 is 28.4 Å². The molecule has 3 amide bonds. The van der Waals surface area contributed by atoms with E-state index in [2.05, 4.69) is 15.8 Å². The number of benzene rings is 1. The van der Waals surface area contributed by atoms with Crippen molar-refractivity contribution in [3.05, 3.63) is 35.6 Å². The Morgan fingerprint density at radius 1 is 1.19 bits per heavy atom. The highest BCUT2D eigenvalue weighted by Crippen LogP contribution is 2.42.